The van der Waals surface area contributed by atoms with Gasteiger partial charge in [0, 0.05) is 18.8 Å². The Morgan fingerprint density at radius 3 is 2.71 bits per heavy atom. The molecule has 0 bridgehead atoms. The number of ether oxygens (including phenoxy) is 1. The second kappa shape index (κ2) is 6.14. The Balaban J connectivity index is 1.56. The number of rotatable bonds is 5. The first-order chi connectivity index (χ1) is 10.3. The van der Waals surface area contributed by atoms with Crippen LogP contribution in [0.2, 0.25) is 0 Å². The fourth-order valence-electron chi connectivity index (χ4n) is 2.65. The minimum absolute atomic E-state index is 0.182. The van der Waals surface area contributed by atoms with Gasteiger partial charge in [0.25, 0.3) is 0 Å². The summed E-state index contributed by atoms with van der Waals surface area (Å²) in [6.07, 6.45) is 0.973. The summed E-state index contributed by atoms with van der Waals surface area (Å²) in [6.45, 7) is 2.80. The van der Waals surface area contributed by atoms with Crippen LogP contribution in [0.4, 0.5) is 10.1 Å². The van der Waals surface area contributed by atoms with Gasteiger partial charge in [0.05, 0.1) is 6.54 Å². The lowest BCUT2D eigenvalue weighted by Gasteiger charge is -2.19. The van der Waals surface area contributed by atoms with Gasteiger partial charge in [0.2, 0.25) is 0 Å². The Morgan fingerprint density at radius 1 is 1.14 bits per heavy atom. The number of benzene rings is 2. The number of halogens is 1. The molecule has 0 spiro atoms. The van der Waals surface area contributed by atoms with Gasteiger partial charge in [-0.1, -0.05) is 18.2 Å². The number of hydrogen-bond donors (Lipinski definition) is 1. The molecule has 1 aliphatic rings. The van der Waals surface area contributed by atoms with Gasteiger partial charge < -0.3 is 15.4 Å². The van der Waals surface area contributed by atoms with E-state index in [4.69, 9.17) is 10.5 Å². The van der Waals surface area contributed by atoms with E-state index < -0.39 is 0 Å². The van der Waals surface area contributed by atoms with Crippen LogP contribution >= 0.6 is 0 Å². The molecule has 3 rings (SSSR count). The third-order valence-corrected chi connectivity index (χ3v) is 3.83. The molecule has 0 unspecified atom stereocenters. The van der Waals surface area contributed by atoms with Crippen molar-refractivity contribution in [3.8, 4) is 5.75 Å². The molecule has 2 aromatic carbocycles. The highest BCUT2D eigenvalue weighted by Crippen LogP contribution is 2.28. The molecule has 2 N–H and O–H groups in total. The Labute approximate surface area is 124 Å². The van der Waals surface area contributed by atoms with Gasteiger partial charge in [0.1, 0.15) is 18.2 Å². The standard InChI is InChI=1S/C17H19FN2O/c18-15-4-3-14-7-8-20(17(14)11-15)9-10-21-16-5-1-13(12-19)2-6-16/h1-6,11H,7-10,12,19H2. The Kier molecular flexibility index (Phi) is 4.06. The van der Waals surface area contributed by atoms with Crippen LogP contribution in [0.1, 0.15) is 11.1 Å². The molecular formula is C17H19FN2O. The molecular weight excluding hydrogens is 267 g/mol. The van der Waals surface area contributed by atoms with Crippen LogP contribution in [0, 0.1) is 5.82 Å². The lowest BCUT2D eigenvalue weighted by molar-refractivity contribution is 0.324. The fraction of sp³-hybridized carbons (Fsp3) is 0.294. The minimum atomic E-state index is -0.182. The molecule has 1 aliphatic heterocycles. The van der Waals surface area contributed by atoms with Crippen molar-refractivity contribution >= 4 is 5.69 Å². The van der Waals surface area contributed by atoms with Crippen molar-refractivity contribution in [2.45, 2.75) is 13.0 Å². The van der Waals surface area contributed by atoms with Crippen molar-refractivity contribution in [1.29, 1.82) is 0 Å². The predicted octanol–water partition coefficient (Wildman–Crippen LogP) is 2.73. The third kappa shape index (κ3) is 3.16. The van der Waals surface area contributed by atoms with Gasteiger partial charge in [-0.2, -0.15) is 0 Å². The fourth-order valence-corrected chi connectivity index (χ4v) is 2.65. The lowest BCUT2D eigenvalue weighted by atomic mass is 10.2. The van der Waals surface area contributed by atoms with Crippen molar-refractivity contribution in [2.24, 2.45) is 5.73 Å². The molecule has 0 fully saturated rings. The molecule has 0 saturated carbocycles. The molecule has 3 nitrogen and oxygen atoms in total. The van der Waals surface area contributed by atoms with Crippen LogP contribution < -0.4 is 15.4 Å². The van der Waals surface area contributed by atoms with Crippen molar-refractivity contribution in [1.82, 2.24) is 0 Å². The van der Waals surface area contributed by atoms with E-state index in [2.05, 4.69) is 4.90 Å². The van der Waals surface area contributed by atoms with E-state index in [0.717, 1.165) is 36.5 Å². The summed E-state index contributed by atoms with van der Waals surface area (Å²) >= 11 is 0. The maximum Gasteiger partial charge on any atom is 0.125 e. The smallest absolute Gasteiger partial charge is 0.125 e. The molecule has 2 aromatic rings. The zero-order valence-corrected chi connectivity index (χ0v) is 11.9. The minimum Gasteiger partial charge on any atom is -0.492 e. The van der Waals surface area contributed by atoms with Crippen molar-refractivity contribution in [3.05, 3.63) is 59.4 Å². The van der Waals surface area contributed by atoms with E-state index in [-0.39, 0.29) is 5.82 Å². The van der Waals surface area contributed by atoms with Gasteiger partial charge in [-0.3, -0.25) is 0 Å². The third-order valence-electron chi connectivity index (χ3n) is 3.83. The Bertz CT molecular complexity index is 613. The highest BCUT2D eigenvalue weighted by Gasteiger charge is 2.19. The number of nitrogens with zero attached hydrogens (tertiary/aromatic N) is 1. The lowest BCUT2D eigenvalue weighted by Crippen LogP contribution is -2.26. The highest BCUT2D eigenvalue weighted by atomic mass is 19.1. The van der Waals surface area contributed by atoms with E-state index in [1.165, 1.54) is 11.6 Å². The molecule has 4 heteroatoms. The summed E-state index contributed by atoms with van der Waals surface area (Å²) in [7, 11) is 0. The predicted molar refractivity (Wildman–Crippen MR) is 82.1 cm³/mol. The van der Waals surface area contributed by atoms with E-state index in [9.17, 15) is 4.39 Å². The summed E-state index contributed by atoms with van der Waals surface area (Å²) < 4.78 is 19.1. The molecule has 0 radical (unpaired) electrons. The zero-order chi connectivity index (χ0) is 14.7. The van der Waals surface area contributed by atoms with E-state index in [1.54, 1.807) is 6.07 Å². The van der Waals surface area contributed by atoms with E-state index >= 15 is 0 Å². The molecule has 110 valence electrons. The first-order valence-corrected chi connectivity index (χ1v) is 7.21. The van der Waals surface area contributed by atoms with Gasteiger partial charge >= 0.3 is 0 Å². The van der Waals surface area contributed by atoms with Crippen LogP contribution in [-0.4, -0.2) is 19.7 Å². The molecule has 0 atom stereocenters. The number of anilines is 1. The van der Waals surface area contributed by atoms with Crippen LogP contribution in [0.15, 0.2) is 42.5 Å². The zero-order valence-electron chi connectivity index (χ0n) is 11.9. The molecule has 0 aromatic heterocycles. The largest absolute Gasteiger partial charge is 0.492 e. The summed E-state index contributed by atoms with van der Waals surface area (Å²) in [5, 5.41) is 0. The molecule has 21 heavy (non-hydrogen) atoms. The van der Waals surface area contributed by atoms with Crippen LogP contribution in [-0.2, 0) is 13.0 Å². The number of fused-ring (bicyclic) bond motifs is 1. The van der Waals surface area contributed by atoms with Crippen LogP contribution in [0.5, 0.6) is 5.75 Å². The van der Waals surface area contributed by atoms with Crippen molar-refractivity contribution in [3.63, 3.8) is 0 Å². The van der Waals surface area contributed by atoms with Crippen molar-refractivity contribution < 1.29 is 9.13 Å². The highest BCUT2D eigenvalue weighted by molar-refractivity contribution is 5.58. The second-order valence-electron chi connectivity index (χ2n) is 5.21. The van der Waals surface area contributed by atoms with E-state index in [1.807, 2.05) is 30.3 Å². The Hall–Kier alpha value is -2.07. The maximum atomic E-state index is 13.3. The molecule has 1 heterocycles. The summed E-state index contributed by atoms with van der Waals surface area (Å²) in [5.41, 5.74) is 8.86. The first kappa shape index (κ1) is 13.9. The molecule has 0 saturated heterocycles. The maximum absolute atomic E-state index is 13.3. The molecule has 0 amide bonds. The number of hydrogen-bond acceptors (Lipinski definition) is 3. The quantitative estimate of drug-likeness (QED) is 0.918. The second-order valence-corrected chi connectivity index (χ2v) is 5.21. The molecule has 0 aliphatic carbocycles. The topological polar surface area (TPSA) is 38.5 Å². The first-order valence-electron chi connectivity index (χ1n) is 7.21. The van der Waals surface area contributed by atoms with E-state index in [0.29, 0.717) is 13.2 Å². The van der Waals surface area contributed by atoms with Crippen LogP contribution in [0.3, 0.4) is 0 Å². The number of nitrogens with two attached hydrogens (primary N) is 1. The summed E-state index contributed by atoms with van der Waals surface area (Å²) in [5.74, 6) is 0.657. The Morgan fingerprint density at radius 2 is 1.95 bits per heavy atom. The average Bonchev–Trinajstić information content (AvgIpc) is 2.90. The van der Waals surface area contributed by atoms with Gasteiger partial charge in [-0.05, 0) is 41.8 Å². The summed E-state index contributed by atoms with van der Waals surface area (Å²) in [6, 6.07) is 12.8. The van der Waals surface area contributed by atoms with Gasteiger partial charge in [-0.15, -0.1) is 0 Å². The monoisotopic (exact) mass is 286 g/mol. The van der Waals surface area contributed by atoms with Gasteiger partial charge in [0.15, 0.2) is 0 Å². The SMILES string of the molecule is NCc1ccc(OCCN2CCc3ccc(F)cc32)cc1. The normalized spacial score (nSPS) is 13.3. The summed E-state index contributed by atoms with van der Waals surface area (Å²) in [4.78, 5) is 2.17. The average molecular weight is 286 g/mol. The van der Waals surface area contributed by atoms with Gasteiger partial charge in [-0.25, -0.2) is 4.39 Å². The van der Waals surface area contributed by atoms with Crippen molar-refractivity contribution in [2.75, 3.05) is 24.6 Å². The van der Waals surface area contributed by atoms with Crippen LogP contribution in [0.25, 0.3) is 0 Å².